The fourth-order valence-corrected chi connectivity index (χ4v) is 3.96. The third-order valence-corrected chi connectivity index (χ3v) is 5.75. The minimum atomic E-state index is -0.219. The van der Waals surface area contributed by atoms with E-state index in [-0.39, 0.29) is 11.0 Å². The summed E-state index contributed by atoms with van der Waals surface area (Å²) >= 11 is 5.33. The van der Waals surface area contributed by atoms with E-state index in [4.69, 9.17) is 12.2 Å². The highest BCUT2D eigenvalue weighted by Crippen LogP contribution is 2.20. The molecule has 3 aromatic rings. The van der Waals surface area contributed by atoms with Gasteiger partial charge in [0.15, 0.2) is 5.11 Å². The number of amides is 1. The molecule has 4 rings (SSSR count). The minimum Gasteiger partial charge on any atom is -0.369 e. The summed E-state index contributed by atoms with van der Waals surface area (Å²) in [6, 6.07) is 21.8. The number of hydrogen-bond donors (Lipinski definition) is 2. The molecule has 5 nitrogen and oxygen atoms in total. The zero-order valence-electron chi connectivity index (χ0n) is 17.1. The van der Waals surface area contributed by atoms with Crippen molar-refractivity contribution in [2.45, 2.75) is 6.92 Å². The predicted octanol–water partition coefficient (Wildman–Crippen LogP) is 4.11. The fourth-order valence-electron chi connectivity index (χ4n) is 3.75. The molecular formula is C24H26N4OS. The van der Waals surface area contributed by atoms with Crippen LogP contribution in [-0.4, -0.2) is 48.6 Å². The number of nitrogens with one attached hydrogen (secondary N) is 2. The highest BCUT2D eigenvalue weighted by molar-refractivity contribution is 7.80. The molecule has 6 heteroatoms. The number of benzene rings is 3. The molecule has 0 atom stereocenters. The standard InChI is InChI=1S/C24H26N4OS/c1-2-27-13-15-28(16-14-27)22-11-9-21(10-12-22)25-24(30)26-23(29)20-8-7-18-5-3-4-6-19(18)17-20/h3-12,17H,2,13-16H2,1H3,(H2,25,26,29,30). The van der Waals surface area contributed by atoms with E-state index < -0.39 is 0 Å². The Balaban J connectivity index is 1.33. The van der Waals surface area contributed by atoms with Crippen molar-refractivity contribution in [3.8, 4) is 0 Å². The van der Waals surface area contributed by atoms with Crippen LogP contribution in [0.2, 0.25) is 0 Å². The Kier molecular flexibility index (Phi) is 6.26. The SMILES string of the molecule is CCN1CCN(c2ccc(NC(=S)NC(=O)c3ccc4ccccc4c3)cc2)CC1. The lowest BCUT2D eigenvalue weighted by Gasteiger charge is -2.35. The van der Waals surface area contributed by atoms with Crippen LogP contribution in [0.5, 0.6) is 0 Å². The van der Waals surface area contributed by atoms with Crippen LogP contribution in [0, 0.1) is 0 Å². The lowest BCUT2D eigenvalue weighted by molar-refractivity contribution is 0.0978. The van der Waals surface area contributed by atoms with Crippen molar-refractivity contribution < 1.29 is 4.79 Å². The van der Waals surface area contributed by atoms with Crippen LogP contribution in [0.4, 0.5) is 11.4 Å². The average Bonchev–Trinajstić information content (AvgIpc) is 2.79. The summed E-state index contributed by atoms with van der Waals surface area (Å²) in [5, 5.41) is 8.28. The third kappa shape index (κ3) is 4.78. The van der Waals surface area contributed by atoms with Gasteiger partial charge in [0.05, 0.1) is 0 Å². The Labute approximate surface area is 182 Å². The van der Waals surface area contributed by atoms with Crippen molar-refractivity contribution >= 4 is 45.4 Å². The Bertz CT molecular complexity index is 1040. The van der Waals surface area contributed by atoms with Crippen LogP contribution < -0.4 is 15.5 Å². The van der Waals surface area contributed by atoms with Gasteiger partial charge in [-0.25, -0.2) is 0 Å². The van der Waals surface area contributed by atoms with E-state index in [0.717, 1.165) is 49.2 Å². The summed E-state index contributed by atoms with van der Waals surface area (Å²) in [6.07, 6.45) is 0. The maximum atomic E-state index is 12.6. The predicted molar refractivity (Wildman–Crippen MR) is 128 cm³/mol. The topological polar surface area (TPSA) is 47.6 Å². The van der Waals surface area contributed by atoms with Gasteiger partial charge in [-0.2, -0.15) is 0 Å². The van der Waals surface area contributed by atoms with Gasteiger partial charge >= 0.3 is 0 Å². The first kappa shape index (κ1) is 20.3. The van der Waals surface area contributed by atoms with E-state index in [1.54, 1.807) is 0 Å². The van der Waals surface area contributed by atoms with Crippen molar-refractivity contribution in [3.63, 3.8) is 0 Å². The van der Waals surface area contributed by atoms with Gasteiger partial charge in [0, 0.05) is 43.1 Å². The molecule has 1 heterocycles. The number of hydrogen-bond acceptors (Lipinski definition) is 4. The lowest BCUT2D eigenvalue weighted by Crippen LogP contribution is -2.46. The summed E-state index contributed by atoms with van der Waals surface area (Å²) < 4.78 is 0. The van der Waals surface area contributed by atoms with Gasteiger partial charge in [-0.05, 0) is 65.9 Å². The number of nitrogens with zero attached hydrogens (tertiary/aromatic N) is 2. The second-order valence-corrected chi connectivity index (χ2v) is 7.85. The number of carbonyl (C=O) groups is 1. The Morgan fingerprint density at radius 2 is 1.63 bits per heavy atom. The van der Waals surface area contributed by atoms with Crippen LogP contribution in [0.3, 0.4) is 0 Å². The highest BCUT2D eigenvalue weighted by Gasteiger charge is 2.15. The van der Waals surface area contributed by atoms with Crippen molar-refractivity contribution in [3.05, 3.63) is 72.3 Å². The van der Waals surface area contributed by atoms with Gasteiger partial charge < -0.3 is 15.1 Å². The first-order chi connectivity index (χ1) is 14.6. The maximum absolute atomic E-state index is 12.6. The van der Waals surface area contributed by atoms with Gasteiger partial charge in [-0.1, -0.05) is 37.3 Å². The molecule has 1 saturated heterocycles. The number of piperazine rings is 1. The molecule has 0 unspecified atom stereocenters. The Morgan fingerprint density at radius 3 is 2.33 bits per heavy atom. The number of likely N-dealkylation sites (N-methyl/N-ethyl adjacent to an activating group) is 1. The third-order valence-electron chi connectivity index (χ3n) is 5.55. The molecule has 1 aliphatic heterocycles. The first-order valence-electron chi connectivity index (χ1n) is 10.3. The highest BCUT2D eigenvalue weighted by atomic mass is 32.1. The monoisotopic (exact) mass is 418 g/mol. The van der Waals surface area contributed by atoms with Gasteiger partial charge in [0.25, 0.3) is 5.91 Å². The van der Waals surface area contributed by atoms with Crippen LogP contribution >= 0.6 is 12.2 Å². The number of carbonyl (C=O) groups excluding carboxylic acids is 1. The van der Waals surface area contributed by atoms with Gasteiger partial charge in [0.1, 0.15) is 0 Å². The lowest BCUT2D eigenvalue weighted by atomic mass is 10.1. The molecule has 1 amide bonds. The Morgan fingerprint density at radius 1 is 0.933 bits per heavy atom. The second-order valence-electron chi connectivity index (χ2n) is 7.44. The largest absolute Gasteiger partial charge is 0.369 e. The van der Waals surface area contributed by atoms with Crippen LogP contribution in [0.15, 0.2) is 66.7 Å². The van der Waals surface area contributed by atoms with Gasteiger partial charge in [-0.15, -0.1) is 0 Å². The summed E-state index contributed by atoms with van der Waals surface area (Å²) in [7, 11) is 0. The molecule has 1 fully saturated rings. The van der Waals surface area contributed by atoms with Crippen molar-refractivity contribution in [1.29, 1.82) is 0 Å². The molecule has 0 bridgehead atoms. The van der Waals surface area contributed by atoms with E-state index in [9.17, 15) is 4.79 Å². The molecule has 0 radical (unpaired) electrons. The van der Waals surface area contributed by atoms with Crippen LogP contribution in [0.1, 0.15) is 17.3 Å². The molecular weight excluding hydrogens is 392 g/mol. The summed E-state index contributed by atoms with van der Waals surface area (Å²) in [5.41, 5.74) is 2.65. The van der Waals surface area contributed by atoms with E-state index in [2.05, 4.69) is 39.5 Å². The van der Waals surface area contributed by atoms with E-state index >= 15 is 0 Å². The van der Waals surface area contributed by atoms with E-state index in [1.807, 2.05) is 54.6 Å². The number of rotatable bonds is 4. The average molecular weight is 419 g/mol. The van der Waals surface area contributed by atoms with Crippen LogP contribution in [-0.2, 0) is 0 Å². The normalized spacial score (nSPS) is 14.5. The molecule has 1 aliphatic rings. The molecule has 0 aromatic heterocycles. The van der Waals surface area contributed by atoms with Crippen molar-refractivity contribution in [1.82, 2.24) is 10.2 Å². The molecule has 154 valence electrons. The number of anilines is 2. The zero-order valence-corrected chi connectivity index (χ0v) is 17.9. The molecule has 2 N–H and O–H groups in total. The Hall–Kier alpha value is -2.96. The van der Waals surface area contributed by atoms with Crippen molar-refractivity contribution in [2.75, 3.05) is 42.9 Å². The quantitative estimate of drug-likeness (QED) is 0.625. The first-order valence-corrected chi connectivity index (χ1v) is 10.7. The molecule has 30 heavy (non-hydrogen) atoms. The number of fused-ring (bicyclic) bond motifs is 1. The fraction of sp³-hybridized carbons (Fsp3) is 0.250. The second kappa shape index (κ2) is 9.24. The molecule has 0 aliphatic carbocycles. The van der Waals surface area contributed by atoms with Crippen LogP contribution in [0.25, 0.3) is 10.8 Å². The molecule has 3 aromatic carbocycles. The summed E-state index contributed by atoms with van der Waals surface area (Å²) in [4.78, 5) is 17.4. The van der Waals surface area contributed by atoms with Gasteiger partial charge in [-0.3, -0.25) is 10.1 Å². The number of thiocarbonyl (C=S) groups is 1. The van der Waals surface area contributed by atoms with E-state index in [1.165, 1.54) is 5.69 Å². The molecule has 0 spiro atoms. The smallest absolute Gasteiger partial charge is 0.257 e. The maximum Gasteiger partial charge on any atom is 0.257 e. The zero-order chi connectivity index (χ0) is 20.9. The summed E-state index contributed by atoms with van der Waals surface area (Å²) in [5.74, 6) is -0.219. The summed E-state index contributed by atoms with van der Waals surface area (Å²) in [6.45, 7) is 7.60. The van der Waals surface area contributed by atoms with Gasteiger partial charge in [0.2, 0.25) is 0 Å². The van der Waals surface area contributed by atoms with Crippen molar-refractivity contribution in [2.24, 2.45) is 0 Å². The van der Waals surface area contributed by atoms with E-state index in [0.29, 0.717) is 5.56 Å². The molecule has 0 saturated carbocycles. The minimum absolute atomic E-state index is 0.219.